The molecule has 0 atom stereocenters. The van der Waals surface area contributed by atoms with Crippen LogP contribution in [0.2, 0.25) is 0 Å². The third-order valence-electron chi connectivity index (χ3n) is 10.3. The molecule has 1 aliphatic rings. The minimum atomic E-state index is 0.0495. The lowest BCUT2D eigenvalue weighted by Crippen LogP contribution is -2.15. The summed E-state index contributed by atoms with van der Waals surface area (Å²) < 4.78 is 0. The predicted molar refractivity (Wildman–Crippen MR) is 206 cm³/mol. The second-order valence-electron chi connectivity index (χ2n) is 13.6. The minimum absolute atomic E-state index is 0.0495. The maximum atomic E-state index is 5.06. The predicted octanol–water partition coefficient (Wildman–Crippen LogP) is 12.6. The summed E-state index contributed by atoms with van der Waals surface area (Å²) in [5.74, 6) is 0.720. The number of allylic oxidation sites excluding steroid dienone is 2. The molecule has 0 fully saturated rings. The molecule has 0 saturated carbocycles. The maximum absolute atomic E-state index is 5.06. The second-order valence-corrected chi connectivity index (χ2v) is 13.6. The average Bonchev–Trinajstić information content (AvgIpc) is 3.34. The maximum Gasteiger partial charge on any atom is 0.160 e. The molecule has 0 N–H and O–H groups in total. The van der Waals surface area contributed by atoms with E-state index >= 15 is 0 Å². The highest BCUT2D eigenvalue weighted by molar-refractivity contribution is 5.83. The van der Waals surface area contributed by atoms with Crippen molar-refractivity contribution < 1.29 is 0 Å². The van der Waals surface area contributed by atoms with Crippen LogP contribution in [0.15, 0.2) is 163 Å². The zero-order valence-electron chi connectivity index (χ0n) is 28.4. The highest BCUT2D eigenvalue weighted by Gasteiger charge is 2.33. The van der Waals surface area contributed by atoms with Gasteiger partial charge in [0.05, 0.1) is 11.4 Å². The van der Waals surface area contributed by atoms with Crippen LogP contribution in [-0.4, -0.2) is 9.97 Å². The fraction of sp³-hybridized carbons (Fsp3) is 0.106. The van der Waals surface area contributed by atoms with Gasteiger partial charge in [-0.25, -0.2) is 9.97 Å². The molecule has 1 aromatic heterocycles. The van der Waals surface area contributed by atoms with Gasteiger partial charge in [-0.15, -0.1) is 0 Å². The molecule has 8 rings (SSSR count). The molecule has 0 radical (unpaired) electrons. The zero-order valence-corrected chi connectivity index (χ0v) is 28.4. The number of benzene rings is 6. The fourth-order valence-corrected chi connectivity index (χ4v) is 7.12. The number of hydrogen-bond acceptors (Lipinski definition) is 2. The van der Waals surface area contributed by atoms with Crippen molar-refractivity contribution in [3.05, 3.63) is 174 Å². The number of fused-ring (bicyclic) bond motifs is 1. The lowest BCUT2D eigenvalue weighted by Gasteiger charge is -2.23. The Balaban J connectivity index is 1.14. The van der Waals surface area contributed by atoms with Gasteiger partial charge >= 0.3 is 0 Å². The lowest BCUT2D eigenvalue weighted by atomic mass is 9.81. The summed E-state index contributed by atoms with van der Waals surface area (Å²) in [6.07, 6.45) is 0. The summed E-state index contributed by atoms with van der Waals surface area (Å²) in [4.78, 5) is 10.0. The van der Waals surface area contributed by atoms with Crippen LogP contribution in [0.1, 0.15) is 38.8 Å². The van der Waals surface area contributed by atoms with Crippen molar-refractivity contribution in [3.63, 3.8) is 0 Å². The molecular weight excluding hydrogens is 593 g/mol. The summed E-state index contributed by atoms with van der Waals surface area (Å²) in [5.41, 5.74) is 17.9. The first kappa shape index (κ1) is 30.5. The summed E-state index contributed by atoms with van der Waals surface area (Å²) in [5, 5.41) is 0. The molecule has 2 nitrogen and oxygen atoms in total. The SMILES string of the molecule is CC1=C(C)C(C)(C)c2cc(-c3cccc(-c4cccc(-c5cccc(-c6cc(-c7ccccc7)nc(-c7ccccc7)n6)c5)c4)c3)ccc21. The van der Waals surface area contributed by atoms with Crippen molar-refractivity contribution in [2.45, 2.75) is 33.1 Å². The van der Waals surface area contributed by atoms with Crippen LogP contribution >= 0.6 is 0 Å². The third-order valence-corrected chi connectivity index (χ3v) is 10.3. The molecule has 49 heavy (non-hydrogen) atoms. The highest BCUT2D eigenvalue weighted by Crippen LogP contribution is 2.47. The van der Waals surface area contributed by atoms with E-state index in [0.717, 1.165) is 39.5 Å². The van der Waals surface area contributed by atoms with E-state index in [-0.39, 0.29) is 5.41 Å². The van der Waals surface area contributed by atoms with Gasteiger partial charge in [0.1, 0.15) is 0 Å². The average molecular weight is 631 g/mol. The van der Waals surface area contributed by atoms with Crippen LogP contribution in [0.4, 0.5) is 0 Å². The smallest absolute Gasteiger partial charge is 0.160 e. The van der Waals surface area contributed by atoms with E-state index in [4.69, 9.17) is 9.97 Å². The van der Waals surface area contributed by atoms with Gasteiger partial charge in [0.15, 0.2) is 5.82 Å². The van der Waals surface area contributed by atoms with Crippen molar-refractivity contribution in [3.8, 4) is 67.3 Å². The number of nitrogens with zero attached hydrogens (tertiary/aromatic N) is 2. The van der Waals surface area contributed by atoms with E-state index < -0.39 is 0 Å². The Labute approximate surface area is 289 Å². The first-order valence-corrected chi connectivity index (χ1v) is 17.0. The van der Waals surface area contributed by atoms with Crippen molar-refractivity contribution in [1.29, 1.82) is 0 Å². The summed E-state index contributed by atoms with van der Waals surface area (Å²) in [7, 11) is 0. The third kappa shape index (κ3) is 5.70. The Morgan fingerprint density at radius 1 is 0.388 bits per heavy atom. The van der Waals surface area contributed by atoms with Crippen LogP contribution in [0.25, 0.3) is 72.9 Å². The van der Waals surface area contributed by atoms with Gasteiger partial charge in [-0.3, -0.25) is 0 Å². The van der Waals surface area contributed by atoms with E-state index in [9.17, 15) is 0 Å². The van der Waals surface area contributed by atoms with Gasteiger partial charge in [-0.2, -0.15) is 0 Å². The molecule has 236 valence electrons. The molecule has 0 spiro atoms. The van der Waals surface area contributed by atoms with Gasteiger partial charge in [-0.1, -0.05) is 147 Å². The fourth-order valence-electron chi connectivity index (χ4n) is 7.12. The molecule has 7 aromatic rings. The standard InChI is InChI=1S/C47H38N2/c1-31-32(2)47(3,4)43-29-40(24-25-42(31)43)38-21-12-19-36(27-38)35-18-11-20-37(26-35)39-22-13-23-41(28-39)45-30-44(33-14-7-5-8-15-33)48-46(49-45)34-16-9-6-10-17-34/h5-30H,1-4H3. The molecule has 0 aliphatic heterocycles. The molecule has 0 saturated heterocycles. The Bertz CT molecular complexity index is 2310. The molecule has 6 aromatic carbocycles. The Kier molecular flexibility index (Phi) is 7.65. The van der Waals surface area contributed by atoms with Crippen molar-refractivity contribution in [2.75, 3.05) is 0 Å². The van der Waals surface area contributed by atoms with Gasteiger partial charge in [0.25, 0.3) is 0 Å². The highest BCUT2D eigenvalue weighted by atomic mass is 14.9. The summed E-state index contributed by atoms with van der Waals surface area (Å²) in [6, 6.07) is 56.1. The van der Waals surface area contributed by atoms with Gasteiger partial charge in [0, 0.05) is 22.1 Å². The second kappa shape index (κ2) is 12.3. The quantitative estimate of drug-likeness (QED) is 0.183. The van der Waals surface area contributed by atoms with E-state index in [1.165, 1.54) is 50.1 Å². The van der Waals surface area contributed by atoms with E-state index in [1.54, 1.807) is 0 Å². The lowest BCUT2D eigenvalue weighted by molar-refractivity contribution is 0.639. The summed E-state index contributed by atoms with van der Waals surface area (Å²) in [6.45, 7) is 9.21. The first-order valence-electron chi connectivity index (χ1n) is 17.0. The molecular formula is C47H38N2. The minimum Gasteiger partial charge on any atom is -0.228 e. The van der Waals surface area contributed by atoms with Gasteiger partial charge < -0.3 is 0 Å². The molecule has 2 heteroatoms. The van der Waals surface area contributed by atoms with Crippen LogP contribution in [0.5, 0.6) is 0 Å². The van der Waals surface area contributed by atoms with Crippen molar-refractivity contribution in [2.24, 2.45) is 0 Å². The first-order chi connectivity index (χ1) is 23.8. The molecule has 1 aliphatic carbocycles. The largest absolute Gasteiger partial charge is 0.228 e. The Morgan fingerprint density at radius 2 is 0.816 bits per heavy atom. The molecule has 0 bridgehead atoms. The normalized spacial score (nSPS) is 13.4. The van der Waals surface area contributed by atoms with Crippen LogP contribution in [0, 0.1) is 0 Å². The van der Waals surface area contributed by atoms with Crippen LogP contribution < -0.4 is 0 Å². The number of rotatable bonds is 6. The van der Waals surface area contributed by atoms with Crippen LogP contribution in [-0.2, 0) is 5.41 Å². The van der Waals surface area contributed by atoms with Crippen molar-refractivity contribution in [1.82, 2.24) is 9.97 Å². The van der Waals surface area contributed by atoms with E-state index in [1.807, 2.05) is 36.4 Å². The number of hydrogen-bond donors (Lipinski definition) is 0. The number of aromatic nitrogens is 2. The van der Waals surface area contributed by atoms with E-state index in [2.05, 4.69) is 149 Å². The Hall–Kier alpha value is -5.86. The van der Waals surface area contributed by atoms with Crippen molar-refractivity contribution >= 4 is 5.57 Å². The zero-order chi connectivity index (χ0) is 33.5. The van der Waals surface area contributed by atoms with Gasteiger partial charge in [-0.05, 0) is 94.3 Å². The topological polar surface area (TPSA) is 25.8 Å². The summed E-state index contributed by atoms with van der Waals surface area (Å²) >= 11 is 0. The van der Waals surface area contributed by atoms with Gasteiger partial charge in [0.2, 0.25) is 0 Å². The van der Waals surface area contributed by atoms with E-state index in [0.29, 0.717) is 0 Å². The molecule has 0 unspecified atom stereocenters. The molecule has 0 amide bonds. The molecule has 1 heterocycles. The van der Waals surface area contributed by atoms with Crippen LogP contribution in [0.3, 0.4) is 0 Å². The monoisotopic (exact) mass is 630 g/mol. The Morgan fingerprint density at radius 3 is 1.37 bits per heavy atom.